The van der Waals surface area contributed by atoms with E-state index in [1.54, 1.807) is 0 Å². The second-order valence-electron chi connectivity index (χ2n) is 2.14. The van der Waals surface area contributed by atoms with Gasteiger partial charge in [-0.2, -0.15) is 0 Å². The molecule has 0 saturated carbocycles. The van der Waals surface area contributed by atoms with Crippen molar-refractivity contribution in [1.82, 2.24) is 0 Å². The number of nitroso groups, excluding NO2 is 1. The quantitative estimate of drug-likeness (QED) is 0.489. The van der Waals surface area contributed by atoms with Gasteiger partial charge in [0.25, 0.3) is 0 Å². The van der Waals surface area contributed by atoms with Gasteiger partial charge in [-0.15, -0.1) is 4.91 Å². The highest BCUT2D eigenvalue weighted by Crippen LogP contribution is 2.03. The lowest BCUT2D eigenvalue weighted by molar-refractivity contribution is 0.1000. The van der Waals surface area contributed by atoms with Crippen molar-refractivity contribution in [3.63, 3.8) is 0 Å². The third-order valence-corrected chi connectivity index (χ3v) is 1.38. The summed E-state index contributed by atoms with van der Waals surface area (Å²) < 4.78 is 0. The van der Waals surface area contributed by atoms with E-state index in [1.807, 2.05) is 0 Å². The fourth-order valence-corrected chi connectivity index (χ4v) is 0.757. The van der Waals surface area contributed by atoms with E-state index in [0.717, 1.165) is 0 Å². The molecule has 1 rings (SSSR count). The van der Waals surface area contributed by atoms with Gasteiger partial charge < -0.3 is 0 Å². The molecule has 0 aliphatic heterocycles. The number of amides is 1. The summed E-state index contributed by atoms with van der Waals surface area (Å²) in [6, 6.07) is 5.66. The maximum Gasteiger partial charge on any atom is 0.316 e. The van der Waals surface area contributed by atoms with Crippen molar-refractivity contribution in [3.05, 3.63) is 40.3 Å². The van der Waals surface area contributed by atoms with Crippen molar-refractivity contribution in [2.75, 3.05) is 0 Å². The van der Waals surface area contributed by atoms with Crippen LogP contribution in [0, 0.1) is 4.91 Å². The molecule has 0 aliphatic carbocycles. The number of hydrogen-bond acceptors (Lipinski definition) is 3. The van der Waals surface area contributed by atoms with Gasteiger partial charge in [-0.25, -0.2) is 0 Å². The molecule has 0 bridgehead atoms. The molecular formula is C8H5NO3. The average Bonchev–Trinajstić information content (AvgIpc) is 2.17. The molecule has 0 heterocycles. The highest BCUT2D eigenvalue weighted by Gasteiger charge is 2.03. The predicted octanol–water partition coefficient (Wildman–Crippen LogP) is 1.41. The van der Waals surface area contributed by atoms with Crippen LogP contribution in [0.1, 0.15) is 20.7 Å². The van der Waals surface area contributed by atoms with Crippen LogP contribution in [0.5, 0.6) is 0 Å². The zero-order valence-electron chi connectivity index (χ0n) is 6.06. The third-order valence-electron chi connectivity index (χ3n) is 1.38. The van der Waals surface area contributed by atoms with Crippen LogP contribution in [-0.2, 0) is 0 Å². The zero-order chi connectivity index (χ0) is 8.97. The fourth-order valence-electron chi connectivity index (χ4n) is 0.757. The Labute approximate surface area is 68.2 Å². The molecule has 0 spiro atoms. The van der Waals surface area contributed by atoms with Crippen LogP contribution in [0.3, 0.4) is 0 Å². The molecule has 4 heteroatoms. The largest absolute Gasteiger partial charge is 0.316 e. The highest BCUT2D eigenvalue weighted by molar-refractivity contribution is 5.95. The molecule has 0 saturated heterocycles. The van der Waals surface area contributed by atoms with E-state index in [2.05, 4.69) is 5.18 Å². The summed E-state index contributed by atoms with van der Waals surface area (Å²) in [5, 5.41) is 2.24. The van der Waals surface area contributed by atoms with Crippen LogP contribution in [0.25, 0.3) is 0 Å². The topological polar surface area (TPSA) is 63.6 Å². The van der Waals surface area contributed by atoms with Crippen molar-refractivity contribution in [1.29, 1.82) is 0 Å². The van der Waals surface area contributed by atoms with Gasteiger partial charge in [0.2, 0.25) is 0 Å². The summed E-state index contributed by atoms with van der Waals surface area (Å²) >= 11 is 0. The Morgan fingerprint density at radius 3 is 2.25 bits per heavy atom. The van der Waals surface area contributed by atoms with E-state index in [9.17, 15) is 14.5 Å². The molecule has 1 amide bonds. The Morgan fingerprint density at radius 2 is 1.83 bits per heavy atom. The van der Waals surface area contributed by atoms with Crippen molar-refractivity contribution < 1.29 is 9.59 Å². The van der Waals surface area contributed by atoms with Crippen molar-refractivity contribution in [2.24, 2.45) is 5.18 Å². The van der Waals surface area contributed by atoms with E-state index >= 15 is 0 Å². The third kappa shape index (κ3) is 1.60. The molecule has 0 unspecified atom stereocenters. The van der Waals surface area contributed by atoms with Gasteiger partial charge >= 0.3 is 5.91 Å². The number of hydrogen-bond donors (Lipinski definition) is 0. The second-order valence-corrected chi connectivity index (χ2v) is 2.14. The van der Waals surface area contributed by atoms with Crippen LogP contribution in [0.4, 0.5) is 0 Å². The summed E-state index contributed by atoms with van der Waals surface area (Å²) in [4.78, 5) is 30.6. The van der Waals surface area contributed by atoms with Crippen molar-refractivity contribution in [2.45, 2.75) is 0 Å². The van der Waals surface area contributed by atoms with E-state index in [0.29, 0.717) is 11.8 Å². The lowest BCUT2D eigenvalue weighted by atomic mass is 10.1. The molecular weight excluding hydrogens is 158 g/mol. The summed E-state index contributed by atoms with van der Waals surface area (Å²) in [6.07, 6.45) is 0.655. The second kappa shape index (κ2) is 3.52. The van der Waals surface area contributed by atoms with E-state index in [-0.39, 0.29) is 5.56 Å². The van der Waals surface area contributed by atoms with Crippen LogP contribution < -0.4 is 0 Å². The monoisotopic (exact) mass is 163 g/mol. The molecule has 1 aromatic rings. The first-order valence-corrected chi connectivity index (χ1v) is 3.21. The highest BCUT2D eigenvalue weighted by atomic mass is 16.3. The molecule has 12 heavy (non-hydrogen) atoms. The number of rotatable bonds is 2. The first kappa shape index (κ1) is 8.26. The van der Waals surface area contributed by atoms with E-state index in [1.165, 1.54) is 24.3 Å². The number of carbonyl (C=O) groups is 2. The van der Waals surface area contributed by atoms with Crippen LogP contribution in [-0.4, -0.2) is 12.2 Å². The molecule has 60 valence electrons. The number of benzene rings is 1. The molecule has 0 N–H and O–H groups in total. The molecule has 4 nitrogen and oxygen atoms in total. The molecule has 0 aromatic heterocycles. The average molecular weight is 163 g/mol. The van der Waals surface area contributed by atoms with Crippen molar-refractivity contribution in [3.8, 4) is 0 Å². The molecule has 0 aliphatic rings. The summed E-state index contributed by atoms with van der Waals surface area (Å²) in [7, 11) is 0. The first-order valence-electron chi connectivity index (χ1n) is 3.21. The minimum atomic E-state index is -0.826. The molecule has 0 radical (unpaired) electrons. The normalized spacial score (nSPS) is 9.00. The number of aldehydes is 1. The van der Waals surface area contributed by atoms with Crippen LogP contribution in [0.15, 0.2) is 29.4 Å². The van der Waals surface area contributed by atoms with Gasteiger partial charge in [0, 0.05) is 16.3 Å². The number of nitrogens with zero attached hydrogens (tertiary/aromatic N) is 1. The maximum absolute atomic E-state index is 10.6. The van der Waals surface area contributed by atoms with E-state index < -0.39 is 5.91 Å². The minimum absolute atomic E-state index is 0.190. The van der Waals surface area contributed by atoms with Gasteiger partial charge in [-0.05, 0) is 12.1 Å². The summed E-state index contributed by atoms with van der Waals surface area (Å²) in [5.74, 6) is -0.826. The smallest absolute Gasteiger partial charge is 0.298 e. The Bertz CT molecular complexity index is 316. The Hall–Kier alpha value is -1.84. The van der Waals surface area contributed by atoms with Gasteiger partial charge in [0.1, 0.15) is 6.29 Å². The molecule has 0 fully saturated rings. The molecule has 0 atom stereocenters. The van der Waals surface area contributed by atoms with Gasteiger partial charge in [-0.3, -0.25) is 9.59 Å². The molecule has 1 aromatic carbocycles. The van der Waals surface area contributed by atoms with Crippen LogP contribution >= 0.6 is 0 Å². The Kier molecular flexibility index (Phi) is 2.42. The Balaban J connectivity index is 2.99. The van der Waals surface area contributed by atoms with Gasteiger partial charge in [0.05, 0.1) is 0 Å². The van der Waals surface area contributed by atoms with Gasteiger partial charge in [-0.1, -0.05) is 12.1 Å². The fraction of sp³-hybridized carbons (Fsp3) is 0. The zero-order valence-corrected chi connectivity index (χ0v) is 6.06. The first-order chi connectivity index (χ1) is 5.77. The van der Waals surface area contributed by atoms with Crippen molar-refractivity contribution >= 4 is 12.2 Å². The predicted molar refractivity (Wildman–Crippen MR) is 42.0 cm³/mol. The lowest BCUT2D eigenvalue weighted by Crippen LogP contribution is -1.92. The number of carbonyl (C=O) groups excluding carboxylic acids is 2. The van der Waals surface area contributed by atoms with Gasteiger partial charge in [0.15, 0.2) is 0 Å². The standard InChI is InChI=1S/C8H5NO3/c10-5-6-1-3-7(4-2-6)8(11)9-12/h1-5H. The summed E-state index contributed by atoms with van der Waals surface area (Å²) in [5.41, 5.74) is 0.646. The van der Waals surface area contributed by atoms with E-state index in [4.69, 9.17) is 0 Å². The minimum Gasteiger partial charge on any atom is -0.298 e. The Morgan fingerprint density at radius 1 is 1.25 bits per heavy atom. The lowest BCUT2D eigenvalue weighted by Gasteiger charge is -1.91. The maximum atomic E-state index is 10.6. The SMILES string of the molecule is O=Cc1ccc(C(=O)N=O)cc1. The summed E-state index contributed by atoms with van der Waals surface area (Å²) in [6.45, 7) is 0. The van der Waals surface area contributed by atoms with Crippen LogP contribution in [0.2, 0.25) is 0 Å².